The van der Waals surface area contributed by atoms with Crippen LogP contribution in [0.25, 0.3) is 0 Å². The van der Waals surface area contributed by atoms with Crippen LogP contribution < -0.4 is 15.0 Å². The van der Waals surface area contributed by atoms with Gasteiger partial charge in [-0.3, -0.25) is 10.2 Å². The highest BCUT2D eigenvalue weighted by atomic mass is 16.5. The Kier molecular flexibility index (Phi) is 4.02. The molecule has 0 radical (unpaired) electrons. The van der Waals surface area contributed by atoms with Crippen molar-refractivity contribution in [2.75, 3.05) is 16.8 Å². The van der Waals surface area contributed by atoms with E-state index in [1.54, 1.807) is 4.90 Å². The summed E-state index contributed by atoms with van der Waals surface area (Å²) in [6.45, 7) is 6.10. The van der Waals surface area contributed by atoms with E-state index < -0.39 is 0 Å². The van der Waals surface area contributed by atoms with Crippen LogP contribution >= 0.6 is 0 Å². The number of rotatable bonds is 2. The highest BCUT2D eigenvalue weighted by Crippen LogP contribution is 2.37. The average Bonchev–Trinajstić information content (AvgIpc) is 3.14. The van der Waals surface area contributed by atoms with Gasteiger partial charge in [0.05, 0.1) is 17.8 Å². The number of ether oxygens (including phenoxy) is 1. The van der Waals surface area contributed by atoms with Crippen molar-refractivity contribution in [3.8, 4) is 5.75 Å². The molecule has 0 aromatic heterocycles. The number of hydrogen-bond acceptors (Lipinski definition) is 4. The topological polar surface area (TPSA) is 65.4 Å². The second kappa shape index (κ2) is 6.27. The number of Topliss-reactive ketones (excluding diaryl/α,β-unsaturated/α-hetero) is 1. The number of benzene rings is 2. The third-order valence-electron chi connectivity index (χ3n) is 4.63. The van der Waals surface area contributed by atoms with E-state index in [1.165, 1.54) is 0 Å². The highest BCUT2D eigenvalue weighted by Gasteiger charge is 2.37. The molecule has 4 rings (SSSR count). The van der Waals surface area contributed by atoms with Crippen molar-refractivity contribution >= 4 is 23.0 Å². The lowest BCUT2D eigenvalue weighted by Crippen LogP contribution is -2.28. The lowest BCUT2D eigenvalue weighted by atomic mass is 10.1. The molecule has 2 aliphatic heterocycles. The lowest BCUT2D eigenvalue weighted by Gasteiger charge is -2.26. The molecule has 0 aliphatic carbocycles. The fourth-order valence-electron chi connectivity index (χ4n) is 3.53. The van der Waals surface area contributed by atoms with Gasteiger partial charge in [0.15, 0.2) is 5.78 Å². The fraction of sp³-hybridized carbons (Fsp3) is 0.273. The molecule has 1 fully saturated rings. The Labute approximate surface area is 159 Å². The van der Waals surface area contributed by atoms with Gasteiger partial charge in [-0.2, -0.15) is 0 Å². The first-order chi connectivity index (χ1) is 12.8. The molecule has 0 atom stereocenters. The number of hydrogen-bond donors (Lipinski definition) is 2. The number of carbonyl (C=O) groups excluding carboxylic acids is 1. The van der Waals surface area contributed by atoms with E-state index in [0.29, 0.717) is 17.7 Å². The summed E-state index contributed by atoms with van der Waals surface area (Å²) in [6.07, 6.45) is 0.646. The molecule has 0 unspecified atom stereocenters. The zero-order valence-corrected chi connectivity index (χ0v) is 15.8. The minimum atomic E-state index is -0.363. The van der Waals surface area contributed by atoms with E-state index in [2.05, 4.69) is 5.32 Å². The monoisotopic (exact) mass is 361 g/mol. The summed E-state index contributed by atoms with van der Waals surface area (Å²) in [5.74, 6) is 0.859. The van der Waals surface area contributed by atoms with Gasteiger partial charge in [-0.1, -0.05) is 30.3 Å². The Hall–Kier alpha value is -3.08. The van der Waals surface area contributed by atoms with Crippen LogP contribution in [-0.4, -0.2) is 23.8 Å². The standard InChI is InChI=1S/C22H23N3O2/c1-22(2,3)27-19-11-7-6-10-17(19)25-13-18(26)20(21(25)23)16-12-14-8-4-5-9-15(14)24-16/h4-11,23-24H,12-13H2,1-3H3. The smallest absolute Gasteiger partial charge is 0.188 e. The predicted octanol–water partition coefficient (Wildman–Crippen LogP) is 4.15. The maximum absolute atomic E-state index is 12.8. The molecule has 138 valence electrons. The quantitative estimate of drug-likeness (QED) is 0.789. The van der Waals surface area contributed by atoms with Crippen LogP contribution in [0.5, 0.6) is 5.75 Å². The number of carbonyl (C=O) groups is 1. The van der Waals surface area contributed by atoms with Crippen molar-refractivity contribution in [2.24, 2.45) is 0 Å². The third-order valence-corrected chi connectivity index (χ3v) is 4.63. The number of fused-ring (bicyclic) bond motifs is 1. The molecule has 2 N–H and O–H groups in total. The molecule has 5 nitrogen and oxygen atoms in total. The summed E-state index contributed by atoms with van der Waals surface area (Å²) in [5, 5.41) is 12.0. The van der Waals surface area contributed by atoms with E-state index in [4.69, 9.17) is 10.1 Å². The van der Waals surface area contributed by atoms with E-state index >= 15 is 0 Å². The molecular formula is C22H23N3O2. The maximum atomic E-state index is 12.8. The molecule has 0 bridgehead atoms. The van der Waals surface area contributed by atoms with Crippen molar-refractivity contribution in [3.63, 3.8) is 0 Å². The average molecular weight is 361 g/mol. The first-order valence-electron chi connectivity index (χ1n) is 9.09. The Bertz CT molecular complexity index is 943. The lowest BCUT2D eigenvalue weighted by molar-refractivity contribution is -0.113. The molecule has 1 saturated heterocycles. The van der Waals surface area contributed by atoms with Gasteiger partial charge in [-0.25, -0.2) is 0 Å². The number of amidine groups is 1. The Morgan fingerprint density at radius 1 is 1.07 bits per heavy atom. The van der Waals surface area contributed by atoms with E-state index in [-0.39, 0.29) is 23.8 Å². The van der Waals surface area contributed by atoms with Gasteiger partial charge in [0.1, 0.15) is 17.2 Å². The zero-order chi connectivity index (χ0) is 19.2. The molecule has 2 aromatic carbocycles. The summed E-state index contributed by atoms with van der Waals surface area (Å²) < 4.78 is 6.06. The molecule has 2 aromatic rings. The van der Waals surface area contributed by atoms with Crippen LogP contribution in [0.2, 0.25) is 0 Å². The van der Waals surface area contributed by atoms with Crippen molar-refractivity contribution < 1.29 is 9.53 Å². The third kappa shape index (κ3) is 3.21. The van der Waals surface area contributed by atoms with Gasteiger partial charge < -0.3 is 15.0 Å². The number of nitrogens with zero attached hydrogens (tertiary/aromatic N) is 1. The van der Waals surface area contributed by atoms with E-state index in [9.17, 15) is 4.79 Å². The number of para-hydroxylation sites is 3. The predicted molar refractivity (Wildman–Crippen MR) is 108 cm³/mol. The van der Waals surface area contributed by atoms with Crippen LogP contribution in [0.1, 0.15) is 26.3 Å². The number of allylic oxidation sites excluding steroid dienone is 1. The second-order valence-electron chi connectivity index (χ2n) is 7.85. The van der Waals surface area contributed by atoms with E-state index in [1.807, 2.05) is 69.3 Å². The molecule has 27 heavy (non-hydrogen) atoms. The van der Waals surface area contributed by atoms with Crippen LogP contribution in [0.15, 0.2) is 59.8 Å². The summed E-state index contributed by atoms with van der Waals surface area (Å²) in [5.41, 5.74) is 3.82. The van der Waals surface area contributed by atoms with Crippen LogP contribution in [0, 0.1) is 5.41 Å². The number of anilines is 2. The fourth-order valence-corrected chi connectivity index (χ4v) is 3.53. The van der Waals surface area contributed by atoms with Crippen LogP contribution in [-0.2, 0) is 11.2 Å². The van der Waals surface area contributed by atoms with E-state index in [0.717, 1.165) is 22.6 Å². The normalized spacial score (nSPS) is 19.3. The highest BCUT2D eigenvalue weighted by molar-refractivity contribution is 6.33. The van der Waals surface area contributed by atoms with Gasteiger partial charge >= 0.3 is 0 Å². The van der Waals surface area contributed by atoms with Crippen molar-refractivity contribution in [1.82, 2.24) is 0 Å². The summed E-state index contributed by atoms with van der Waals surface area (Å²) in [6, 6.07) is 15.6. The van der Waals surface area contributed by atoms with Gasteiger partial charge in [0.2, 0.25) is 0 Å². The first kappa shape index (κ1) is 17.3. The van der Waals surface area contributed by atoms with Gasteiger partial charge in [0.25, 0.3) is 0 Å². The summed E-state index contributed by atoms with van der Waals surface area (Å²) in [4.78, 5) is 14.5. The number of nitrogens with one attached hydrogen (secondary N) is 2. The molecule has 5 heteroatoms. The van der Waals surface area contributed by atoms with Crippen molar-refractivity contribution in [1.29, 1.82) is 5.41 Å². The summed E-state index contributed by atoms with van der Waals surface area (Å²) in [7, 11) is 0. The molecular weight excluding hydrogens is 338 g/mol. The van der Waals surface area contributed by atoms with Crippen molar-refractivity contribution in [3.05, 3.63) is 65.4 Å². The Balaban J connectivity index is 1.69. The Morgan fingerprint density at radius 3 is 2.52 bits per heavy atom. The SMILES string of the molecule is CC(C)(C)Oc1ccccc1N1CC(=O)C(=C2Cc3ccccc3N2)C1=N. The number of ketones is 1. The molecule has 0 spiro atoms. The minimum Gasteiger partial charge on any atom is -0.486 e. The van der Waals surface area contributed by atoms with Gasteiger partial charge in [-0.15, -0.1) is 0 Å². The zero-order valence-electron chi connectivity index (χ0n) is 15.8. The van der Waals surface area contributed by atoms with Crippen LogP contribution in [0.3, 0.4) is 0 Å². The Morgan fingerprint density at radius 2 is 1.78 bits per heavy atom. The molecule has 0 amide bonds. The van der Waals surface area contributed by atoms with Gasteiger partial charge in [-0.05, 0) is 44.5 Å². The summed E-state index contributed by atoms with van der Waals surface area (Å²) >= 11 is 0. The maximum Gasteiger partial charge on any atom is 0.188 e. The largest absolute Gasteiger partial charge is 0.486 e. The molecule has 2 aliphatic rings. The van der Waals surface area contributed by atoms with Gasteiger partial charge in [0, 0.05) is 17.8 Å². The van der Waals surface area contributed by atoms with Crippen LogP contribution in [0.4, 0.5) is 11.4 Å². The first-order valence-corrected chi connectivity index (χ1v) is 9.09. The molecule has 2 heterocycles. The second-order valence-corrected chi connectivity index (χ2v) is 7.85. The molecule has 0 saturated carbocycles. The minimum absolute atomic E-state index is 0.0409. The van der Waals surface area contributed by atoms with Crippen molar-refractivity contribution in [2.45, 2.75) is 32.8 Å².